The van der Waals surface area contributed by atoms with E-state index in [9.17, 15) is 13.2 Å². The fourth-order valence-corrected chi connectivity index (χ4v) is 4.53. The molecular formula is C25H23N3O5S. The van der Waals surface area contributed by atoms with E-state index in [0.717, 1.165) is 10.8 Å². The molecule has 1 amide bonds. The Morgan fingerprint density at radius 3 is 2.38 bits per heavy atom. The van der Waals surface area contributed by atoms with Crippen molar-refractivity contribution in [3.63, 3.8) is 0 Å². The number of nitrogens with one attached hydrogen (secondary N) is 1. The summed E-state index contributed by atoms with van der Waals surface area (Å²) >= 11 is 0. The van der Waals surface area contributed by atoms with Gasteiger partial charge in [-0.3, -0.25) is 9.10 Å². The van der Waals surface area contributed by atoms with Crippen molar-refractivity contribution in [2.75, 3.05) is 30.4 Å². The SMILES string of the molecule is COc1ccc(NC(=O)COc2ccc(N(C)S(=O)(=O)c3ccc4ccccc4c3)cc2)cn1. The molecule has 8 nitrogen and oxygen atoms in total. The number of ether oxygens (including phenoxy) is 2. The van der Waals surface area contributed by atoms with Crippen LogP contribution in [0.5, 0.6) is 11.6 Å². The second kappa shape index (κ2) is 9.80. The number of nitrogens with zero attached hydrogens (tertiary/aromatic N) is 2. The smallest absolute Gasteiger partial charge is 0.264 e. The number of carbonyl (C=O) groups excluding carboxylic acids is 1. The lowest BCUT2D eigenvalue weighted by Gasteiger charge is -2.20. The molecule has 4 aromatic rings. The number of fused-ring (bicyclic) bond motifs is 1. The summed E-state index contributed by atoms with van der Waals surface area (Å²) in [6, 6.07) is 22.4. The van der Waals surface area contributed by atoms with E-state index in [1.807, 2.05) is 24.3 Å². The van der Waals surface area contributed by atoms with Crippen LogP contribution in [0.1, 0.15) is 0 Å². The standard InChI is InChI=1S/C25H23N3O5S/c1-28(34(30,31)23-13-7-18-5-3-4-6-19(18)15-23)21-9-11-22(12-10-21)33-17-24(29)27-20-8-14-25(32-2)26-16-20/h3-16H,17H2,1-2H3,(H,27,29). The maximum absolute atomic E-state index is 13.1. The van der Waals surface area contributed by atoms with Crippen molar-refractivity contribution in [2.24, 2.45) is 0 Å². The molecular weight excluding hydrogens is 454 g/mol. The average molecular weight is 478 g/mol. The second-order valence-electron chi connectivity index (χ2n) is 7.40. The molecule has 0 aliphatic carbocycles. The Balaban J connectivity index is 1.39. The molecule has 1 heterocycles. The van der Waals surface area contributed by atoms with Gasteiger partial charge in [-0.1, -0.05) is 30.3 Å². The molecule has 4 rings (SSSR count). The van der Waals surface area contributed by atoms with Crippen LogP contribution in [-0.2, 0) is 14.8 Å². The number of aromatic nitrogens is 1. The van der Waals surface area contributed by atoms with E-state index in [-0.39, 0.29) is 17.4 Å². The summed E-state index contributed by atoms with van der Waals surface area (Å²) in [6.07, 6.45) is 1.48. The van der Waals surface area contributed by atoms with Crippen LogP contribution < -0.4 is 19.1 Å². The maximum Gasteiger partial charge on any atom is 0.264 e. The van der Waals surface area contributed by atoms with Crippen LogP contribution in [0.25, 0.3) is 10.8 Å². The normalized spacial score (nSPS) is 11.1. The van der Waals surface area contributed by atoms with Crippen LogP contribution in [0, 0.1) is 0 Å². The molecule has 174 valence electrons. The highest BCUT2D eigenvalue weighted by molar-refractivity contribution is 7.92. The zero-order valence-corrected chi connectivity index (χ0v) is 19.5. The fraction of sp³-hybridized carbons (Fsp3) is 0.120. The van der Waals surface area contributed by atoms with Gasteiger partial charge in [-0.05, 0) is 53.2 Å². The van der Waals surface area contributed by atoms with Gasteiger partial charge in [-0.25, -0.2) is 13.4 Å². The van der Waals surface area contributed by atoms with Crippen molar-refractivity contribution in [3.05, 3.63) is 85.1 Å². The molecule has 0 unspecified atom stereocenters. The summed E-state index contributed by atoms with van der Waals surface area (Å²) < 4.78 is 37.9. The number of rotatable bonds is 8. The lowest BCUT2D eigenvalue weighted by molar-refractivity contribution is -0.118. The Morgan fingerprint density at radius 2 is 1.71 bits per heavy atom. The summed E-state index contributed by atoms with van der Waals surface area (Å²) in [5.74, 6) is 0.525. The van der Waals surface area contributed by atoms with E-state index in [0.29, 0.717) is 23.0 Å². The Labute approximate surface area is 197 Å². The van der Waals surface area contributed by atoms with Crippen molar-refractivity contribution in [3.8, 4) is 11.6 Å². The molecule has 34 heavy (non-hydrogen) atoms. The van der Waals surface area contributed by atoms with Gasteiger partial charge in [0.25, 0.3) is 15.9 Å². The van der Waals surface area contributed by atoms with Gasteiger partial charge in [0, 0.05) is 13.1 Å². The Morgan fingerprint density at radius 1 is 0.971 bits per heavy atom. The highest BCUT2D eigenvalue weighted by atomic mass is 32.2. The number of amides is 1. The summed E-state index contributed by atoms with van der Waals surface area (Å²) in [5, 5.41) is 4.50. The van der Waals surface area contributed by atoms with E-state index in [1.165, 1.54) is 24.7 Å². The minimum absolute atomic E-state index is 0.207. The van der Waals surface area contributed by atoms with Crippen molar-refractivity contribution < 1.29 is 22.7 Å². The topological polar surface area (TPSA) is 97.8 Å². The van der Waals surface area contributed by atoms with Crippen LogP contribution in [-0.4, -0.2) is 40.1 Å². The van der Waals surface area contributed by atoms with Crippen molar-refractivity contribution in [2.45, 2.75) is 4.90 Å². The summed E-state index contributed by atoms with van der Waals surface area (Å²) in [4.78, 5) is 16.3. The predicted octanol–water partition coefficient (Wildman–Crippen LogP) is 4.09. The number of sulfonamides is 1. The number of hydrogen-bond donors (Lipinski definition) is 1. The zero-order chi connectivity index (χ0) is 24.1. The molecule has 1 aromatic heterocycles. The number of hydrogen-bond acceptors (Lipinski definition) is 6. The molecule has 1 N–H and O–H groups in total. The van der Waals surface area contributed by atoms with E-state index >= 15 is 0 Å². The van der Waals surface area contributed by atoms with Crippen LogP contribution >= 0.6 is 0 Å². The van der Waals surface area contributed by atoms with Crippen LogP contribution in [0.2, 0.25) is 0 Å². The van der Waals surface area contributed by atoms with Gasteiger partial charge >= 0.3 is 0 Å². The number of pyridine rings is 1. The zero-order valence-electron chi connectivity index (χ0n) is 18.6. The molecule has 9 heteroatoms. The van der Waals surface area contributed by atoms with E-state index < -0.39 is 10.0 Å². The average Bonchev–Trinajstić information content (AvgIpc) is 2.87. The first kappa shape index (κ1) is 23.1. The third kappa shape index (κ3) is 5.10. The van der Waals surface area contributed by atoms with Gasteiger partial charge in [-0.2, -0.15) is 0 Å². The molecule has 0 spiro atoms. The largest absolute Gasteiger partial charge is 0.484 e. The van der Waals surface area contributed by atoms with Crippen molar-refractivity contribution in [1.29, 1.82) is 0 Å². The lowest BCUT2D eigenvalue weighted by Crippen LogP contribution is -2.26. The molecule has 0 fully saturated rings. The van der Waals surface area contributed by atoms with Crippen LogP contribution in [0.15, 0.2) is 90.0 Å². The second-order valence-corrected chi connectivity index (χ2v) is 9.37. The number of carbonyl (C=O) groups is 1. The highest BCUT2D eigenvalue weighted by Crippen LogP contribution is 2.26. The minimum Gasteiger partial charge on any atom is -0.484 e. The monoisotopic (exact) mass is 477 g/mol. The minimum atomic E-state index is -3.75. The molecule has 0 aliphatic heterocycles. The molecule has 3 aromatic carbocycles. The van der Waals surface area contributed by atoms with E-state index in [1.54, 1.807) is 54.6 Å². The first-order chi connectivity index (χ1) is 16.4. The molecule has 0 radical (unpaired) electrons. The highest BCUT2D eigenvalue weighted by Gasteiger charge is 2.21. The Bertz CT molecular complexity index is 1400. The van der Waals surface area contributed by atoms with Gasteiger partial charge in [-0.15, -0.1) is 0 Å². The van der Waals surface area contributed by atoms with Gasteiger partial charge < -0.3 is 14.8 Å². The maximum atomic E-state index is 13.1. The third-order valence-corrected chi connectivity index (χ3v) is 6.96. The predicted molar refractivity (Wildman–Crippen MR) is 131 cm³/mol. The lowest BCUT2D eigenvalue weighted by atomic mass is 10.1. The molecule has 0 atom stereocenters. The summed E-state index contributed by atoms with van der Waals surface area (Å²) in [7, 11) is -0.741. The summed E-state index contributed by atoms with van der Waals surface area (Å²) in [5.41, 5.74) is 0.986. The molecule has 0 saturated heterocycles. The first-order valence-electron chi connectivity index (χ1n) is 10.4. The van der Waals surface area contributed by atoms with Crippen LogP contribution in [0.4, 0.5) is 11.4 Å². The molecule has 0 bridgehead atoms. The molecule has 0 aliphatic rings. The Hall–Kier alpha value is -4.11. The van der Waals surface area contributed by atoms with E-state index in [4.69, 9.17) is 9.47 Å². The van der Waals surface area contributed by atoms with Crippen LogP contribution in [0.3, 0.4) is 0 Å². The van der Waals surface area contributed by atoms with Crippen molar-refractivity contribution >= 4 is 38.1 Å². The quantitative estimate of drug-likeness (QED) is 0.411. The number of benzene rings is 3. The first-order valence-corrected chi connectivity index (χ1v) is 11.8. The van der Waals surface area contributed by atoms with Gasteiger partial charge in [0.05, 0.1) is 29.6 Å². The number of anilines is 2. The Kier molecular flexibility index (Phi) is 6.65. The number of methoxy groups -OCH3 is 1. The summed E-state index contributed by atoms with van der Waals surface area (Å²) in [6.45, 7) is -0.212. The fourth-order valence-electron chi connectivity index (χ4n) is 3.30. The van der Waals surface area contributed by atoms with E-state index in [2.05, 4.69) is 10.3 Å². The van der Waals surface area contributed by atoms with Gasteiger partial charge in [0.2, 0.25) is 5.88 Å². The van der Waals surface area contributed by atoms with Crippen molar-refractivity contribution in [1.82, 2.24) is 4.98 Å². The molecule has 0 saturated carbocycles. The van der Waals surface area contributed by atoms with Gasteiger partial charge in [0.15, 0.2) is 6.61 Å². The van der Waals surface area contributed by atoms with Gasteiger partial charge in [0.1, 0.15) is 5.75 Å². The third-order valence-electron chi connectivity index (χ3n) is 5.18.